The van der Waals surface area contributed by atoms with Gasteiger partial charge in [0, 0.05) is 18.8 Å². The summed E-state index contributed by atoms with van der Waals surface area (Å²) in [7, 11) is 0. The van der Waals surface area contributed by atoms with E-state index in [9.17, 15) is 18.9 Å². The minimum Gasteiger partial charge on any atom is -0.465 e. The third kappa shape index (κ3) is 5.05. The van der Waals surface area contributed by atoms with E-state index < -0.39 is 28.7 Å². The van der Waals surface area contributed by atoms with Crippen molar-refractivity contribution in [3.8, 4) is 0 Å². The zero-order chi connectivity index (χ0) is 20.7. The number of imide groups is 1. The Morgan fingerprint density at radius 1 is 1.25 bits per heavy atom. The molecule has 8 nitrogen and oxygen atoms in total. The van der Waals surface area contributed by atoms with E-state index in [2.05, 4.69) is 5.32 Å². The third-order valence-electron chi connectivity index (χ3n) is 4.91. The second-order valence-electron chi connectivity index (χ2n) is 6.85. The molecular formula is C19H25FN4O4. The van der Waals surface area contributed by atoms with Crippen molar-refractivity contribution in [2.75, 3.05) is 13.1 Å². The number of nitrogens with zero attached hydrogens (tertiary/aromatic N) is 2. The molecule has 1 saturated heterocycles. The number of carbonyl (C=O) groups is 3. The van der Waals surface area contributed by atoms with Crippen molar-refractivity contribution in [3.05, 3.63) is 35.9 Å². The first-order valence-electron chi connectivity index (χ1n) is 9.19. The number of amides is 4. The second-order valence-corrected chi connectivity index (χ2v) is 6.85. The molecule has 0 radical (unpaired) electrons. The van der Waals surface area contributed by atoms with Crippen molar-refractivity contribution in [1.29, 1.82) is 5.41 Å². The number of urea groups is 1. The van der Waals surface area contributed by atoms with E-state index in [4.69, 9.17) is 10.5 Å². The monoisotopic (exact) mass is 392 g/mol. The first-order valence-corrected chi connectivity index (χ1v) is 9.19. The van der Waals surface area contributed by atoms with Crippen LogP contribution in [0.2, 0.25) is 0 Å². The molecule has 1 fully saturated rings. The van der Waals surface area contributed by atoms with E-state index in [1.165, 1.54) is 4.90 Å². The largest absolute Gasteiger partial charge is 0.465 e. The maximum Gasteiger partial charge on any atom is 0.407 e. The highest BCUT2D eigenvalue weighted by Crippen LogP contribution is 2.26. The highest BCUT2D eigenvalue weighted by molar-refractivity contribution is 5.99. The fourth-order valence-electron chi connectivity index (χ4n) is 3.28. The molecule has 0 atom stereocenters. The van der Waals surface area contributed by atoms with Gasteiger partial charge in [0.05, 0.1) is 12.0 Å². The summed E-state index contributed by atoms with van der Waals surface area (Å²) >= 11 is 0. The number of nitrogens with one attached hydrogen (secondary N) is 2. The van der Waals surface area contributed by atoms with Gasteiger partial charge in [-0.25, -0.2) is 9.59 Å². The molecule has 0 bridgehead atoms. The Kier molecular flexibility index (Phi) is 7.08. The van der Waals surface area contributed by atoms with Crippen LogP contribution in [0, 0.1) is 5.41 Å². The van der Waals surface area contributed by atoms with Gasteiger partial charge in [0.2, 0.25) is 0 Å². The van der Waals surface area contributed by atoms with Crippen LogP contribution in [0.3, 0.4) is 0 Å². The lowest BCUT2D eigenvalue weighted by Gasteiger charge is -2.42. The normalized spacial score (nSPS) is 15.6. The van der Waals surface area contributed by atoms with Gasteiger partial charge in [-0.05, 0) is 24.8 Å². The fraction of sp³-hybridized carbons (Fsp3) is 0.474. The predicted molar refractivity (Wildman–Crippen MR) is 101 cm³/mol. The molecule has 1 aliphatic rings. The lowest BCUT2D eigenvalue weighted by atomic mass is 9.81. The topological polar surface area (TPSA) is 114 Å². The van der Waals surface area contributed by atoms with Crippen LogP contribution in [0.5, 0.6) is 0 Å². The highest BCUT2D eigenvalue weighted by Gasteiger charge is 2.42. The van der Waals surface area contributed by atoms with E-state index in [-0.39, 0.29) is 38.1 Å². The van der Waals surface area contributed by atoms with Gasteiger partial charge in [-0.1, -0.05) is 53.3 Å². The van der Waals surface area contributed by atoms with E-state index in [0.717, 1.165) is 0 Å². The summed E-state index contributed by atoms with van der Waals surface area (Å²) < 4.78 is 14.4. The van der Waals surface area contributed by atoms with Gasteiger partial charge >= 0.3 is 12.1 Å². The Hall–Kier alpha value is -2.97. The number of likely N-dealkylation sites (tertiary alicyclic amines) is 1. The number of hydrogen-bond donors (Lipinski definition) is 3. The summed E-state index contributed by atoms with van der Waals surface area (Å²) in [6.07, 6.45) is 0.0156. The molecule has 3 N–H and O–H groups in total. The number of rotatable bonds is 6. The molecular weight excluding hydrogens is 367 g/mol. The van der Waals surface area contributed by atoms with Crippen molar-refractivity contribution < 1.29 is 24.0 Å². The molecule has 0 spiro atoms. The lowest BCUT2D eigenvalue weighted by molar-refractivity contribution is -0.138. The zero-order valence-corrected chi connectivity index (χ0v) is 15.8. The van der Waals surface area contributed by atoms with Gasteiger partial charge in [0.1, 0.15) is 0 Å². The summed E-state index contributed by atoms with van der Waals surface area (Å²) in [5.41, 5.74) is -0.375. The Morgan fingerprint density at radius 3 is 2.39 bits per heavy atom. The number of benzene rings is 1. The molecule has 1 aliphatic heterocycles. The molecule has 1 aromatic rings. The summed E-state index contributed by atoms with van der Waals surface area (Å²) in [5.74, 6) is -1.01. The first kappa shape index (κ1) is 21.3. The summed E-state index contributed by atoms with van der Waals surface area (Å²) in [6, 6.07) is 7.27. The van der Waals surface area contributed by atoms with Crippen molar-refractivity contribution >= 4 is 23.7 Å². The highest BCUT2D eigenvalue weighted by atomic mass is 19.2. The number of halogens is 1. The van der Waals surface area contributed by atoms with Gasteiger partial charge in [-0.2, -0.15) is 0 Å². The van der Waals surface area contributed by atoms with E-state index in [1.54, 1.807) is 30.3 Å². The Balaban J connectivity index is 2.08. The Labute approximate surface area is 162 Å². The average Bonchev–Trinajstić information content (AvgIpc) is 2.68. The summed E-state index contributed by atoms with van der Waals surface area (Å²) in [4.78, 5) is 36.8. The smallest absolute Gasteiger partial charge is 0.407 e. The summed E-state index contributed by atoms with van der Waals surface area (Å²) in [6.45, 7) is 2.11. The minimum atomic E-state index is -1.23. The van der Waals surface area contributed by atoms with Crippen molar-refractivity contribution in [2.45, 2.75) is 44.6 Å². The molecule has 9 heteroatoms. The number of hydrogen-bond acceptors (Lipinski definition) is 4. The molecule has 1 aromatic carbocycles. The van der Waals surface area contributed by atoms with Crippen LogP contribution in [0.1, 0.15) is 38.2 Å². The minimum absolute atomic E-state index is 0.117. The van der Waals surface area contributed by atoms with Crippen molar-refractivity contribution in [1.82, 2.24) is 15.3 Å². The fourth-order valence-corrected chi connectivity index (χ4v) is 3.28. The van der Waals surface area contributed by atoms with Gasteiger partial charge in [0.25, 0.3) is 5.91 Å². The van der Waals surface area contributed by atoms with Crippen LogP contribution in [-0.4, -0.2) is 57.5 Å². The molecule has 0 aliphatic carbocycles. The van der Waals surface area contributed by atoms with Crippen LogP contribution in [0.25, 0.3) is 0 Å². The molecule has 152 valence electrons. The Bertz CT molecular complexity index is 733. The third-order valence-corrected chi connectivity index (χ3v) is 4.91. The predicted octanol–water partition coefficient (Wildman–Crippen LogP) is 2.98. The molecule has 28 heavy (non-hydrogen) atoms. The standard InChI is InChI=1S/C19H25FN4O4/c1-2-6-15(21)19(9-11-23(12-10-19)18(27)28)22-17(26)24(20)16(25)13-14-7-4-3-5-8-14/h3-5,7-8,21H,2,6,9-13H2,1H3,(H,22,26)(H,27,28). The van der Waals surface area contributed by atoms with Crippen LogP contribution in [0.15, 0.2) is 30.3 Å². The van der Waals surface area contributed by atoms with Crippen molar-refractivity contribution in [2.24, 2.45) is 0 Å². The molecule has 2 rings (SSSR count). The lowest BCUT2D eigenvalue weighted by Crippen LogP contribution is -2.62. The SMILES string of the molecule is CCCC(=N)C1(NC(=O)N(F)C(=O)Cc2ccccc2)CCN(C(=O)O)CC1. The Morgan fingerprint density at radius 2 is 1.86 bits per heavy atom. The average molecular weight is 392 g/mol. The molecule has 1 heterocycles. The van der Waals surface area contributed by atoms with Crippen molar-refractivity contribution in [3.63, 3.8) is 0 Å². The van der Waals surface area contributed by atoms with Crippen LogP contribution in [-0.2, 0) is 11.2 Å². The number of piperidine rings is 1. The molecule has 0 aromatic heterocycles. The first-order chi connectivity index (χ1) is 13.3. The van der Waals surface area contributed by atoms with E-state index >= 15 is 0 Å². The second kappa shape index (κ2) is 9.29. The van der Waals surface area contributed by atoms with Gasteiger partial charge in [0.15, 0.2) is 0 Å². The zero-order valence-electron chi connectivity index (χ0n) is 15.8. The quantitative estimate of drug-likeness (QED) is 0.510. The number of carbonyl (C=O) groups excluding carboxylic acids is 2. The van der Waals surface area contributed by atoms with Gasteiger partial charge in [-0.3, -0.25) is 4.79 Å². The molecule has 0 saturated carbocycles. The molecule has 0 unspecified atom stereocenters. The summed E-state index contributed by atoms with van der Waals surface area (Å²) in [5, 5.41) is 19.5. The van der Waals surface area contributed by atoms with Crippen LogP contribution in [0.4, 0.5) is 14.1 Å². The van der Waals surface area contributed by atoms with Crippen LogP contribution >= 0.6 is 0 Å². The number of carboxylic acid groups (broad SMARTS) is 1. The maximum absolute atomic E-state index is 14.4. The van der Waals surface area contributed by atoms with Gasteiger partial charge in [-0.15, -0.1) is 0 Å². The van der Waals surface area contributed by atoms with Crippen LogP contribution < -0.4 is 5.32 Å². The van der Waals surface area contributed by atoms with E-state index in [0.29, 0.717) is 18.4 Å². The van der Waals surface area contributed by atoms with E-state index in [1.807, 2.05) is 6.92 Å². The maximum atomic E-state index is 14.4. The molecule has 4 amide bonds. The van der Waals surface area contributed by atoms with Gasteiger partial charge < -0.3 is 20.7 Å².